The van der Waals surface area contributed by atoms with Crippen molar-refractivity contribution in [2.24, 2.45) is 5.73 Å². The molecule has 0 aliphatic rings. The van der Waals surface area contributed by atoms with Crippen LogP contribution < -0.4 is 5.73 Å². The van der Waals surface area contributed by atoms with Crippen molar-refractivity contribution in [3.8, 4) is 0 Å². The number of nitrogens with zero attached hydrogens (tertiary/aromatic N) is 2. The van der Waals surface area contributed by atoms with Crippen LogP contribution in [-0.2, 0) is 15.6 Å². The zero-order chi connectivity index (χ0) is 12.5. The number of thiazole rings is 1. The van der Waals surface area contributed by atoms with E-state index in [2.05, 4.69) is 4.98 Å². The van der Waals surface area contributed by atoms with Gasteiger partial charge in [-0.1, -0.05) is 0 Å². The van der Waals surface area contributed by atoms with Gasteiger partial charge in [0.25, 0.3) is 0 Å². The van der Waals surface area contributed by atoms with Gasteiger partial charge in [-0.2, -0.15) is 0 Å². The van der Waals surface area contributed by atoms with E-state index >= 15 is 0 Å². The molecule has 0 amide bonds. The highest BCUT2D eigenvalue weighted by molar-refractivity contribution is 7.90. The summed E-state index contributed by atoms with van der Waals surface area (Å²) < 4.78 is 25.4. The van der Waals surface area contributed by atoms with E-state index in [0.717, 1.165) is 4.96 Å². The summed E-state index contributed by atoms with van der Waals surface area (Å²) in [6, 6.07) is -0.0877. The molecular weight excluding hydrogens is 258 g/mol. The second kappa shape index (κ2) is 4.75. The van der Waals surface area contributed by atoms with Crippen molar-refractivity contribution in [1.82, 2.24) is 9.38 Å². The first-order chi connectivity index (χ1) is 7.96. The maximum atomic E-state index is 11.8. The third kappa shape index (κ3) is 3.27. The molecule has 2 N–H and O–H groups in total. The molecule has 0 aromatic carbocycles. The van der Waals surface area contributed by atoms with Gasteiger partial charge < -0.3 is 5.73 Å². The molecule has 2 heterocycles. The molecule has 0 radical (unpaired) electrons. The van der Waals surface area contributed by atoms with E-state index in [1.54, 1.807) is 6.20 Å². The predicted molar refractivity (Wildman–Crippen MR) is 68.8 cm³/mol. The molecule has 2 aromatic heterocycles. The quantitative estimate of drug-likeness (QED) is 0.883. The lowest BCUT2D eigenvalue weighted by Crippen LogP contribution is -2.20. The van der Waals surface area contributed by atoms with E-state index in [1.807, 2.05) is 22.9 Å². The Labute approximate surface area is 104 Å². The molecule has 0 aliphatic heterocycles. The number of aromatic nitrogens is 2. The van der Waals surface area contributed by atoms with Crippen molar-refractivity contribution >= 4 is 26.1 Å². The number of fused-ring (bicyclic) bond motifs is 1. The SMILES string of the molecule is CC(N)CCS(=O)(=O)Cc1cn2ccsc2n1. The molecule has 17 heavy (non-hydrogen) atoms. The molecule has 0 aliphatic carbocycles. The van der Waals surface area contributed by atoms with Gasteiger partial charge in [0, 0.05) is 23.8 Å². The van der Waals surface area contributed by atoms with Crippen LogP contribution in [0.25, 0.3) is 4.96 Å². The summed E-state index contributed by atoms with van der Waals surface area (Å²) in [5.41, 5.74) is 6.15. The Bertz CT molecular complexity index is 569. The molecule has 0 fully saturated rings. The second-order valence-electron chi connectivity index (χ2n) is 4.18. The van der Waals surface area contributed by atoms with Crippen LogP contribution in [0.5, 0.6) is 0 Å². The molecule has 2 aromatic rings. The van der Waals surface area contributed by atoms with Gasteiger partial charge >= 0.3 is 0 Å². The zero-order valence-electron chi connectivity index (χ0n) is 9.54. The van der Waals surface area contributed by atoms with Crippen LogP contribution in [0.3, 0.4) is 0 Å². The van der Waals surface area contributed by atoms with Gasteiger partial charge in [0.2, 0.25) is 0 Å². The maximum Gasteiger partial charge on any atom is 0.193 e. The van der Waals surface area contributed by atoms with Gasteiger partial charge in [0.05, 0.1) is 17.2 Å². The summed E-state index contributed by atoms with van der Waals surface area (Å²) in [5.74, 6) is 0.115. The van der Waals surface area contributed by atoms with E-state index in [4.69, 9.17) is 5.73 Å². The zero-order valence-corrected chi connectivity index (χ0v) is 11.2. The highest BCUT2D eigenvalue weighted by Crippen LogP contribution is 2.14. The highest BCUT2D eigenvalue weighted by atomic mass is 32.2. The molecule has 7 heteroatoms. The number of nitrogens with two attached hydrogens (primary N) is 1. The summed E-state index contributed by atoms with van der Waals surface area (Å²) in [7, 11) is -3.11. The molecule has 94 valence electrons. The standard InChI is InChI=1S/C10H15N3O2S2/c1-8(11)2-5-17(14,15)7-9-6-13-3-4-16-10(13)12-9/h3-4,6,8H,2,5,7,11H2,1H3. The number of hydrogen-bond donors (Lipinski definition) is 1. The van der Waals surface area contributed by atoms with Crippen LogP contribution in [0, 0.1) is 0 Å². The summed E-state index contributed by atoms with van der Waals surface area (Å²) in [6.07, 6.45) is 4.12. The van der Waals surface area contributed by atoms with Crippen molar-refractivity contribution in [3.05, 3.63) is 23.5 Å². The minimum atomic E-state index is -3.11. The van der Waals surface area contributed by atoms with Crippen molar-refractivity contribution in [3.63, 3.8) is 0 Å². The van der Waals surface area contributed by atoms with Gasteiger partial charge in [-0.15, -0.1) is 11.3 Å². The van der Waals surface area contributed by atoms with Crippen molar-refractivity contribution < 1.29 is 8.42 Å². The first-order valence-electron chi connectivity index (χ1n) is 5.33. The van der Waals surface area contributed by atoms with E-state index < -0.39 is 9.84 Å². The first kappa shape index (κ1) is 12.5. The summed E-state index contributed by atoms with van der Waals surface area (Å²) >= 11 is 1.49. The average molecular weight is 273 g/mol. The lowest BCUT2D eigenvalue weighted by molar-refractivity contribution is 0.586. The van der Waals surface area contributed by atoms with Crippen LogP contribution in [0.2, 0.25) is 0 Å². The Kier molecular flexibility index (Phi) is 3.50. The molecule has 0 saturated heterocycles. The summed E-state index contributed by atoms with van der Waals surface area (Å²) in [4.78, 5) is 5.08. The molecule has 0 spiro atoms. The molecule has 1 atom stereocenters. The number of hydrogen-bond acceptors (Lipinski definition) is 5. The van der Waals surface area contributed by atoms with Gasteiger partial charge in [0.1, 0.15) is 0 Å². The molecular formula is C10H15N3O2S2. The van der Waals surface area contributed by atoms with Gasteiger partial charge in [-0.3, -0.25) is 4.40 Å². The van der Waals surface area contributed by atoms with Crippen molar-refractivity contribution in [1.29, 1.82) is 0 Å². The molecule has 1 unspecified atom stereocenters. The minimum absolute atomic E-state index is 0.00583. The summed E-state index contributed by atoms with van der Waals surface area (Å²) in [5, 5.41) is 1.91. The first-order valence-corrected chi connectivity index (χ1v) is 8.03. The van der Waals surface area contributed by atoms with E-state index in [9.17, 15) is 8.42 Å². The van der Waals surface area contributed by atoms with Crippen LogP contribution in [-0.4, -0.2) is 29.6 Å². The van der Waals surface area contributed by atoms with Crippen LogP contribution in [0.4, 0.5) is 0 Å². The number of imidazole rings is 1. The number of sulfone groups is 1. The minimum Gasteiger partial charge on any atom is -0.328 e. The lowest BCUT2D eigenvalue weighted by Gasteiger charge is -2.04. The van der Waals surface area contributed by atoms with E-state index in [-0.39, 0.29) is 17.5 Å². The fraction of sp³-hybridized carbons (Fsp3) is 0.500. The largest absolute Gasteiger partial charge is 0.328 e. The van der Waals surface area contributed by atoms with Crippen LogP contribution in [0.1, 0.15) is 19.0 Å². The molecule has 0 bridgehead atoms. The van der Waals surface area contributed by atoms with Crippen LogP contribution in [0.15, 0.2) is 17.8 Å². The van der Waals surface area contributed by atoms with Crippen LogP contribution >= 0.6 is 11.3 Å². The molecule has 0 saturated carbocycles. The Morgan fingerprint density at radius 2 is 2.35 bits per heavy atom. The smallest absolute Gasteiger partial charge is 0.193 e. The Morgan fingerprint density at radius 1 is 1.59 bits per heavy atom. The fourth-order valence-corrected chi connectivity index (χ4v) is 3.69. The maximum absolute atomic E-state index is 11.8. The second-order valence-corrected chi connectivity index (χ2v) is 7.24. The van der Waals surface area contributed by atoms with Crippen molar-refractivity contribution in [2.75, 3.05) is 5.75 Å². The van der Waals surface area contributed by atoms with E-state index in [0.29, 0.717) is 12.1 Å². The predicted octanol–water partition coefficient (Wildman–Crippen LogP) is 1.05. The van der Waals surface area contributed by atoms with Gasteiger partial charge in [-0.05, 0) is 13.3 Å². The Balaban J connectivity index is 2.07. The lowest BCUT2D eigenvalue weighted by atomic mass is 10.3. The third-order valence-corrected chi connectivity index (χ3v) is 4.76. The van der Waals surface area contributed by atoms with Crippen molar-refractivity contribution in [2.45, 2.75) is 25.1 Å². The number of rotatable bonds is 5. The highest BCUT2D eigenvalue weighted by Gasteiger charge is 2.15. The Hall–Kier alpha value is -0.920. The van der Waals surface area contributed by atoms with Gasteiger partial charge in [-0.25, -0.2) is 13.4 Å². The van der Waals surface area contributed by atoms with E-state index in [1.165, 1.54) is 11.3 Å². The average Bonchev–Trinajstić information content (AvgIpc) is 2.74. The summed E-state index contributed by atoms with van der Waals surface area (Å²) in [6.45, 7) is 1.81. The molecule has 5 nitrogen and oxygen atoms in total. The normalized spacial score (nSPS) is 14.2. The monoisotopic (exact) mass is 273 g/mol. The molecule has 2 rings (SSSR count). The topological polar surface area (TPSA) is 77.5 Å². The Morgan fingerprint density at radius 3 is 3.00 bits per heavy atom. The van der Waals surface area contributed by atoms with Gasteiger partial charge in [0.15, 0.2) is 14.8 Å². The fourth-order valence-electron chi connectivity index (χ4n) is 1.51. The third-order valence-electron chi connectivity index (χ3n) is 2.40.